The molecule has 1 heterocycles. The van der Waals surface area contributed by atoms with E-state index in [1.165, 1.54) is 6.08 Å². The zero-order valence-corrected chi connectivity index (χ0v) is 19.9. The van der Waals surface area contributed by atoms with E-state index < -0.39 is 11.9 Å². The van der Waals surface area contributed by atoms with Crippen molar-refractivity contribution in [2.24, 2.45) is 0 Å². The first-order valence-corrected chi connectivity index (χ1v) is 11.3. The van der Waals surface area contributed by atoms with Crippen LogP contribution in [-0.4, -0.2) is 21.7 Å². The maximum Gasteiger partial charge on any atom is 0.337 e. The number of para-hydroxylation sites is 1. The summed E-state index contributed by atoms with van der Waals surface area (Å²) in [5.41, 5.74) is 9.71. The lowest BCUT2D eigenvalue weighted by Crippen LogP contribution is -2.43. The molecule has 0 saturated carbocycles. The Bertz CT molecular complexity index is 1310. The van der Waals surface area contributed by atoms with E-state index in [2.05, 4.69) is 32.1 Å². The Labute approximate surface area is 205 Å². The van der Waals surface area contributed by atoms with Crippen LogP contribution in [0.2, 0.25) is 0 Å². The number of hydrogen-bond acceptors (Lipinski definition) is 3. The highest BCUT2D eigenvalue weighted by molar-refractivity contribution is 9.10. The van der Waals surface area contributed by atoms with Crippen molar-refractivity contribution in [2.45, 2.75) is 6.92 Å². The quantitative estimate of drug-likeness (QED) is 0.243. The highest BCUT2D eigenvalue weighted by atomic mass is 79.9. The third-order valence-electron chi connectivity index (χ3n) is 4.90. The van der Waals surface area contributed by atoms with Gasteiger partial charge in [0.2, 0.25) is 0 Å². The fraction of sp³-hybridized carbons (Fsp3) is 0.0385. The van der Waals surface area contributed by atoms with Gasteiger partial charge in [-0.15, -0.1) is 0 Å². The second kappa shape index (κ2) is 10.6. The molecule has 3 N–H and O–H groups in total. The van der Waals surface area contributed by atoms with Crippen molar-refractivity contribution in [3.63, 3.8) is 0 Å². The van der Waals surface area contributed by atoms with E-state index in [1.807, 2.05) is 79.9 Å². The van der Waals surface area contributed by atoms with Crippen molar-refractivity contribution in [2.75, 3.05) is 5.32 Å². The Morgan fingerprint density at radius 3 is 2.32 bits per heavy atom. The monoisotopic (exact) mass is 515 g/mol. The predicted octanol–water partition coefficient (Wildman–Crippen LogP) is 5.48. The van der Waals surface area contributed by atoms with Crippen LogP contribution < -0.4 is 16.2 Å². The second-order valence-electron chi connectivity index (χ2n) is 7.49. The summed E-state index contributed by atoms with van der Waals surface area (Å²) < 4.78 is 2.73. The first-order valence-electron chi connectivity index (χ1n) is 10.5. The van der Waals surface area contributed by atoms with Crippen LogP contribution in [0.4, 0.5) is 10.5 Å². The van der Waals surface area contributed by atoms with Gasteiger partial charge < -0.3 is 5.32 Å². The molecule has 0 atom stereocenters. The molecule has 7 nitrogen and oxygen atoms in total. The summed E-state index contributed by atoms with van der Waals surface area (Å²) in [5.74, 6) is -0.478. The van der Waals surface area contributed by atoms with Crippen LogP contribution in [0.25, 0.3) is 23.0 Å². The van der Waals surface area contributed by atoms with Crippen molar-refractivity contribution in [3.8, 4) is 16.9 Å². The van der Waals surface area contributed by atoms with E-state index in [-0.39, 0.29) is 0 Å². The van der Waals surface area contributed by atoms with Gasteiger partial charge in [-0.3, -0.25) is 10.2 Å². The van der Waals surface area contributed by atoms with Crippen LogP contribution in [0.3, 0.4) is 0 Å². The Kier molecular flexibility index (Phi) is 7.19. The summed E-state index contributed by atoms with van der Waals surface area (Å²) in [7, 11) is 0. The van der Waals surface area contributed by atoms with Crippen LogP contribution >= 0.6 is 15.9 Å². The molecule has 0 bridgehead atoms. The third-order valence-corrected chi connectivity index (χ3v) is 5.43. The van der Waals surface area contributed by atoms with Gasteiger partial charge in [-0.05, 0) is 49.4 Å². The second-order valence-corrected chi connectivity index (χ2v) is 8.40. The molecule has 4 rings (SSSR count). The van der Waals surface area contributed by atoms with Gasteiger partial charge in [0.1, 0.15) is 0 Å². The number of carbonyl (C=O) groups is 2. The van der Waals surface area contributed by atoms with Crippen molar-refractivity contribution in [1.29, 1.82) is 0 Å². The maximum absolute atomic E-state index is 12.3. The predicted molar refractivity (Wildman–Crippen MR) is 137 cm³/mol. The minimum absolute atomic E-state index is 0.478. The fourth-order valence-electron chi connectivity index (χ4n) is 3.18. The van der Waals surface area contributed by atoms with E-state index in [0.717, 1.165) is 32.5 Å². The third kappa shape index (κ3) is 5.99. The van der Waals surface area contributed by atoms with Gasteiger partial charge in [-0.2, -0.15) is 5.10 Å². The van der Waals surface area contributed by atoms with E-state index in [0.29, 0.717) is 5.69 Å². The molecule has 170 valence electrons. The molecule has 8 heteroatoms. The standard InChI is InChI=1S/C26H22BrN5O2/c1-18-7-14-22(15-8-18)28-26(34)30-29-24(33)16-11-20-17-32(23-5-3-2-4-6-23)31-25(20)19-9-12-21(27)13-10-19/h2-17H,1H3,(H,29,33)(H2,28,30,34)/b16-11+. The fourth-order valence-corrected chi connectivity index (χ4v) is 3.44. The smallest absolute Gasteiger partial charge is 0.307 e. The molecule has 3 aromatic carbocycles. The molecule has 0 fully saturated rings. The molecule has 3 amide bonds. The van der Waals surface area contributed by atoms with Gasteiger partial charge in [-0.1, -0.05) is 64.0 Å². The van der Waals surface area contributed by atoms with Gasteiger partial charge >= 0.3 is 6.03 Å². The molecule has 4 aromatic rings. The number of urea groups is 1. The van der Waals surface area contributed by atoms with E-state index in [1.54, 1.807) is 22.9 Å². The van der Waals surface area contributed by atoms with Crippen LogP contribution in [0.1, 0.15) is 11.1 Å². The zero-order valence-electron chi connectivity index (χ0n) is 18.3. The van der Waals surface area contributed by atoms with Gasteiger partial charge in [0, 0.05) is 33.6 Å². The first-order chi connectivity index (χ1) is 16.5. The summed E-state index contributed by atoms with van der Waals surface area (Å²) >= 11 is 3.45. The summed E-state index contributed by atoms with van der Waals surface area (Å²) in [6.07, 6.45) is 4.87. The lowest BCUT2D eigenvalue weighted by atomic mass is 10.1. The van der Waals surface area contributed by atoms with E-state index >= 15 is 0 Å². The average Bonchev–Trinajstić information content (AvgIpc) is 3.28. The van der Waals surface area contributed by atoms with Crippen molar-refractivity contribution >= 4 is 39.6 Å². The lowest BCUT2D eigenvalue weighted by molar-refractivity contribution is -0.117. The minimum atomic E-state index is -0.543. The number of amides is 3. The highest BCUT2D eigenvalue weighted by Gasteiger charge is 2.11. The zero-order chi connectivity index (χ0) is 23.9. The molecule has 0 spiro atoms. The van der Waals surface area contributed by atoms with Gasteiger partial charge in [-0.25, -0.2) is 14.9 Å². The molecule has 0 unspecified atom stereocenters. The number of carbonyl (C=O) groups excluding carboxylic acids is 2. The summed E-state index contributed by atoms with van der Waals surface area (Å²) in [4.78, 5) is 24.3. The molecular formula is C26H22BrN5O2. The number of rotatable bonds is 5. The molecule has 0 aliphatic carbocycles. The number of hydrogen-bond donors (Lipinski definition) is 3. The van der Waals surface area contributed by atoms with Gasteiger partial charge in [0.25, 0.3) is 5.91 Å². The number of aryl methyl sites for hydroxylation is 1. The number of halogens is 1. The van der Waals surface area contributed by atoms with Crippen LogP contribution in [0.5, 0.6) is 0 Å². The van der Waals surface area contributed by atoms with Crippen LogP contribution in [0, 0.1) is 6.92 Å². The van der Waals surface area contributed by atoms with E-state index in [4.69, 9.17) is 5.10 Å². The van der Waals surface area contributed by atoms with Crippen molar-refractivity contribution in [3.05, 3.63) is 107 Å². The Morgan fingerprint density at radius 2 is 1.62 bits per heavy atom. The first kappa shape index (κ1) is 23.0. The summed E-state index contributed by atoms with van der Waals surface area (Å²) in [6.45, 7) is 1.96. The average molecular weight is 516 g/mol. The largest absolute Gasteiger partial charge is 0.337 e. The number of benzene rings is 3. The Hall–Kier alpha value is -4.17. The summed E-state index contributed by atoms with van der Waals surface area (Å²) in [6, 6.07) is 24.3. The highest BCUT2D eigenvalue weighted by Crippen LogP contribution is 2.26. The number of anilines is 1. The number of hydrazine groups is 1. The van der Waals surface area contributed by atoms with Crippen LogP contribution in [-0.2, 0) is 4.79 Å². The normalized spacial score (nSPS) is 10.8. The molecule has 1 aromatic heterocycles. The topological polar surface area (TPSA) is 88.0 Å². The summed E-state index contributed by atoms with van der Waals surface area (Å²) in [5, 5.41) is 7.37. The van der Waals surface area contributed by atoms with Gasteiger partial charge in [0.05, 0.1) is 11.4 Å². The van der Waals surface area contributed by atoms with E-state index in [9.17, 15) is 9.59 Å². The van der Waals surface area contributed by atoms with Gasteiger partial charge in [0.15, 0.2) is 0 Å². The number of aromatic nitrogens is 2. The molecule has 0 aliphatic heterocycles. The molecule has 0 radical (unpaired) electrons. The number of nitrogens with zero attached hydrogens (tertiary/aromatic N) is 2. The van der Waals surface area contributed by atoms with Crippen LogP contribution in [0.15, 0.2) is 95.6 Å². The Balaban J connectivity index is 1.47. The number of nitrogens with one attached hydrogen (secondary N) is 3. The Morgan fingerprint density at radius 1 is 0.912 bits per heavy atom. The lowest BCUT2D eigenvalue weighted by Gasteiger charge is -2.07. The van der Waals surface area contributed by atoms with Crippen molar-refractivity contribution in [1.82, 2.24) is 20.6 Å². The SMILES string of the molecule is Cc1ccc(NC(=O)NNC(=O)/C=C/c2cn(-c3ccccc3)nc2-c2ccc(Br)cc2)cc1. The molecule has 0 saturated heterocycles. The van der Waals surface area contributed by atoms with Crippen molar-refractivity contribution < 1.29 is 9.59 Å². The molecule has 0 aliphatic rings. The minimum Gasteiger partial charge on any atom is -0.307 e. The maximum atomic E-state index is 12.3. The molecular weight excluding hydrogens is 494 g/mol. The molecule has 34 heavy (non-hydrogen) atoms.